The number of aliphatic hydroxyl groups is 1. The predicted octanol–water partition coefficient (Wildman–Crippen LogP) is 4.62. The van der Waals surface area contributed by atoms with E-state index in [1.165, 1.54) is 5.56 Å². The summed E-state index contributed by atoms with van der Waals surface area (Å²) in [7, 11) is 0. The van der Waals surface area contributed by atoms with Crippen LogP contribution in [0.15, 0.2) is 48.5 Å². The van der Waals surface area contributed by atoms with Crippen LogP contribution < -0.4 is 4.74 Å². The maximum absolute atomic E-state index is 8.93. The highest BCUT2D eigenvalue weighted by Crippen LogP contribution is 2.26. The SMILES string of the molecule is CC(CCO)c1ccc(Oc2ccc(Cl)cc2)cc1. The quantitative estimate of drug-likeness (QED) is 0.863. The van der Waals surface area contributed by atoms with Crippen molar-refractivity contribution in [3.63, 3.8) is 0 Å². The molecule has 19 heavy (non-hydrogen) atoms. The molecule has 1 N–H and O–H groups in total. The Balaban J connectivity index is 2.04. The van der Waals surface area contributed by atoms with Gasteiger partial charge in [0.15, 0.2) is 0 Å². The summed E-state index contributed by atoms with van der Waals surface area (Å²) in [5.41, 5.74) is 1.21. The molecule has 2 aromatic carbocycles. The summed E-state index contributed by atoms with van der Waals surface area (Å²) in [4.78, 5) is 0. The van der Waals surface area contributed by atoms with Crippen LogP contribution in [0.5, 0.6) is 11.5 Å². The van der Waals surface area contributed by atoms with Crippen LogP contribution in [0.3, 0.4) is 0 Å². The fourth-order valence-electron chi connectivity index (χ4n) is 1.86. The minimum atomic E-state index is 0.212. The van der Waals surface area contributed by atoms with Gasteiger partial charge < -0.3 is 9.84 Å². The molecule has 2 nitrogen and oxygen atoms in total. The average Bonchev–Trinajstić information content (AvgIpc) is 2.42. The number of benzene rings is 2. The molecule has 0 aliphatic carbocycles. The van der Waals surface area contributed by atoms with E-state index in [-0.39, 0.29) is 6.61 Å². The number of rotatable bonds is 5. The Bertz CT molecular complexity index is 505. The molecule has 0 aliphatic heterocycles. The molecule has 3 heteroatoms. The normalized spacial score (nSPS) is 12.2. The Kier molecular flexibility index (Phi) is 4.83. The van der Waals surface area contributed by atoms with Crippen molar-refractivity contribution >= 4 is 11.6 Å². The first kappa shape index (κ1) is 13.9. The number of ether oxygens (including phenoxy) is 1. The predicted molar refractivity (Wildman–Crippen MR) is 78.1 cm³/mol. The number of hydrogen-bond acceptors (Lipinski definition) is 2. The van der Waals surface area contributed by atoms with E-state index in [2.05, 4.69) is 6.92 Å². The standard InChI is InChI=1S/C16H17ClO2/c1-12(10-11-18)13-2-6-15(7-3-13)19-16-8-4-14(17)5-9-16/h2-9,12,18H,10-11H2,1H3. The van der Waals surface area contributed by atoms with Gasteiger partial charge in [-0.1, -0.05) is 30.7 Å². The molecule has 2 aromatic rings. The molecular weight excluding hydrogens is 260 g/mol. The van der Waals surface area contributed by atoms with Gasteiger partial charge in [-0.05, 0) is 54.3 Å². The highest BCUT2D eigenvalue weighted by molar-refractivity contribution is 6.30. The molecule has 0 aromatic heterocycles. The topological polar surface area (TPSA) is 29.5 Å². The van der Waals surface area contributed by atoms with E-state index in [4.69, 9.17) is 21.4 Å². The van der Waals surface area contributed by atoms with Crippen molar-refractivity contribution < 1.29 is 9.84 Å². The third kappa shape index (κ3) is 3.98. The van der Waals surface area contributed by atoms with Gasteiger partial charge in [0.25, 0.3) is 0 Å². The molecular formula is C16H17ClO2. The Morgan fingerprint density at radius 2 is 1.53 bits per heavy atom. The molecule has 0 fully saturated rings. The second-order valence-electron chi connectivity index (χ2n) is 4.54. The van der Waals surface area contributed by atoms with Crippen molar-refractivity contribution in [2.45, 2.75) is 19.3 Å². The summed E-state index contributed by atoms with van der Waals surface area (Å²) in [6, 6.07) is 15.2. The lowest BCUT2D eigenvalue weighted by molar-refractivity contribution is 0.278. The summed E-state index contributed by atoms with van der Waals surface area (Å²) in [5, 5.41) is 9.63. The minimum absolute atomic E-state index is 0.212. The molecule has 0 saturated heterocycles. The first-order chi connectivity index (χ1) is 9.19. The lowest BCUT2D eigenvalue weighted by atomic mass is 9.98. The number of halogens is 1. The minimum Gasteiger partial charge on any atom is -0.457 e. The monoisotopic (exact) mass is 276 g/mol. The first-order valence-electron chi connectivity index (χ1n) is 6.33. The Hall–Kier alpha value is -1.51. The van der Waals surface area contributed by atoms with E-state index in [1.54, 1.807) is 12.1 Å². The van der Waals surface area contributed by atoms with Gasteiger partial charge in [0.2, 0.25) is 0 Å². The van der Waals surface area contributed by atoms with Gasteiger partial charge >= 0.3 is 0 Å². The molecule has 100 valence electrons. The highest BCUT2D eigenvalue weighted by atomic mass is 35.5. The van der Waals surface area contributed by atoms with Gasteiger partial charge in [-0.25, -0.2) is 0 Å². The molecule has 0 spiro atoms. The third-order valence-electron chi connectivity index (χ3n) is 3.06. The van der Waals surface area contributed by atoms with Crippen LogP contribution in [0.25, 0.3) is 0 Å². The Labute approximate surface area is 118 Å². The molecule has 0 bridgehead atoms. The average molecular weight is 277 g/mol. The van der Waals surface area contributed by atoms with Gasteiger partial charge in [0.05, 0.1) is 0 Å². The van der Waals surface area contributed by atoms with Crippen molar-refractivity contribution in [3.8, 4) is 11.5 Å². The van der Waals surface area contributed by atoms with Crippen LogP contribution in [0.2, 0.25) is 5.02 Å². The molecule has 0 saturated carbocycles. The first-order valence-corrected chi connectivity index (χ1v) is 6.71. The molecule has 0 amide bonds. The zero-order valence-corrected chi connectivity index (χ0v) is 11.6. The summed E-state index contributed by atoms with van der Waals surface area (Å²) in [5.74, 6) is 1.91. The van der Waals surface area contributed by atoms with Crippen LogP contribution in [-0.2, 0) is 0 Å². The summed E-state index contributed by atoms with van der Waals surface area (Å²) in [6.45, 7) is 2.31. The Morgan fingerprint density at radius 3 is 2.05 bits per heavy atom. The molecule has 1 atom stereocenters. The van der Waals surface area contributed by atoms with Crippen molar-refractivity contribution in [2.24, 2.45) is 0 Å². The number of hydrogen-bond donors (Lipinski definition) is 1. The van der Waals surface area contributed by atoms with Gasteiger partial charge in [0.1, 0.15) is 11.5 Å². The second kappa shape index (κ2) is 6.60. The van der Waals surface area contributed by atoms with Crippen LogP contribution in [0.1, 0.15) is 24.8 Å². The summed E-state index contributed by atoms with van der Waals surface area (Å²) in [6.07, 6.45) is 0.775. The fraction of sp³-hybridized carbons (Fsp3) is 0.250. The van der Waals surface area contributed by atoms with Crippen molar-refractivity contribution in [1.82, 2.24) is 0 Å². The van der Waals surface area contributed by atoms with E-state index in [1.807, 2.05) is 36.4 Å². The summed E-state index contributed by atoms with van der Waals surface area (Å²) < 4.78 is 5.72. The summed E-state index contributed by atoms with van der Waals surface area (Å²) >= 11 is 5.82. The molecule has 2 rings (SSSR count). The molecule has 0 aliphatic rings. The van der Waals surface area contributed by atoms with Gasteiger partial charge in [-0.3, -0.25) is 0 Å². The maximum atomic E-state index is 8.93. The van der Waals surface area contributed by atoms with Gasteiger partial charge in [-0.2, -0.15) is 0 Å². The zero-order chi connectivity index (χ0) is 13.7. The zero-order valence-electron chi connectivity index (χ0n) is 10.8. The molecule has 0 heterocycles. The van der Waals surface area contributed by atoms with E-state index >= 15 is 0 Å². The van der Waals surface area contributed by atoms with Crippen LogP contribution in [0.4, 0.5) is 0 Å². The lowest BCUT2D eigenvalue weighted by Crippen LogP contribution is -1.96. The van der Waals surface area contributed by atoms with Crippen molar-refractivity contribution in [3.05, 3.63) is 59.1 Å². The third-order valence-corrected chi connectivity index (χ3v) is 3.31. The van der Waals surface area contributed by atoms with E-state index < -0.39 is 0 Å². The van der Waals surface area contributed by atoms with Crippen LogP contribution >= 0.6 is 11.6 Å². The van der Waals surface area contributed by atoms with Crippen LogP contribution in [-0.4, -0.2) is 11.7 Å². The smallest absolute Gasteiger partial charge is 0.127 e. The largest absolute Gasteiger partial charge is 0.457 e. The highest BCUT2D eigenvalue weighted by Gasteiger charge is 2.05. The van der Waals surface area contributed by atoms with Crippen LogP contribution in [0, 0.1) is 0 Å². The maximum Gasteiger partial charge on any atom is 0.127 e. The van der Waals surface area contributed by atoms with Gasteiger partial charge in [0, 0.05) is 11.6 Å². The van der Waals surface area contributed by atoms with Crippen molar-refractivity contribution in [2.75, 3.05) is 6.61 Å². The lowest BCUT2D eigenvalue weighted by Gasteiger charge is -2.11. The Morgan fingerprint density at radius 1 is 1.00 bits per heavy atom. The second-order valence-corrected chi connectivity index (χ2v) is 4.97. The van der Waals surface area contributed by atoms with E-state index in [0.717, 1.165) is 17.9 Å². The van der Waals surface area contributed by atoms with E-state index in [0.29, 0.717) is 10.9 Å². The number of aliphatic hydroxyl groups excluding tert-OH is 1. The van der Waals surface area contributed by atoms with Crippen molar-refractivity contribution in [1.29, 1.82) is 0 Å². The van der Waals surface area contributed by atoms with E-state index in [9.17, 15) is 0 Å². The fourth-order valence-corrected chi connectivity index (χ4v) is 1.99. The molecule has 0 radical (unpaired) electrons. The molecule has 1 unspecified atom stereocenters. The van der Waals surface area contributed by atoms with Gasteiger partial charge in [-0.15, -0.1) is 0 Å².